The first kappa shape index (κ1) is 20.8. The lowest BCUT2D eigenvalue weighted by atomic mass is 9.97. The van der Waals surface area contributed by atoms with E-state index >= 15 is 0 Å². The molecule has 2 N–H and O–H groups in total. The van der Waals surface area contributed by atoms with Crippen LogP contribution in [0.25, 0.3) is 21.0 Å². The van der Waals surface area contributed by atoms with Crippen LogP contribution in [0.1, 0.15) is 35.6 Å². The molecule has 1 unspecified atom stereocenters. The molecule has 1 aromatic heterocycles. The molecule has 4 rings (SSSR count). The highest BCUT2D eigenvalue weighted by Crippen LogP contribution is 2.32. The van der Waals surface area contributed by atoms with Gasteiger partial charge in [0, 0.05) is 5.39 Å². The third-order valence-electron chi connectivity index (χ3n) is 5.37. The highest BCUT2D eigenvalue weighted by molar-refractivity contribution is 7.18. The molecule has 7 heteroatoms. The van der Waals surface area contributed by atoms with Crippen LogP contribution in [0, 0.1) is 0 Å². The second kappa shape index (κ2) is 8.35. The van der Waals surface area contributed by atoms with E-state index in [-0.39, 0.29) is 13.0 Å². The fraction of sp³-hybridized carbons (Fsp3) is 0.208. The first-order valence-corrected chi connectivity index (χ1v) is 10.8. The number of carboxylic acids is 1. The van der Waals surface area contributed by atoms with Gasteiger partial charge in [0.2, 0.25) is 0 Å². The number of carboxylic acid groups (broad SMARTS) is 1. The molecule has 3 aromatic carbocycles. The van der Waals surface area contributed by atoms with Crippen molar-refractivity contribution >= 4 is 44.2 Å². The average molecular weight is 435 g/mol. The number of rotatable bonds is 7. The van der Waals surface area contributed by atoms with Crippen molar-refractivity contribution in [3.8, 4) is 5.75 Å². The van der Waals surface area contributed by atoms with Crippen molar-refractivity contribution in [2.75, 3.05) is 0 Å². The van der Waals surface area contributed by atoms with Crippen LogP contribution in [-0.2, 0) is 11.4 Å². The Morgan fingerprint density at radius 1 is 1.10 bits per heavy atom. The quantitative estimate of drug-likeness (QED) is 0.427. The van der Waals surface area contributed by atoms with Gasteiger partial charge in [0.25, 0.3) is 5.91 Å². The van der Waals surface area contributed by atoms with E-state index in [9.17, 15) is 14.7 Å². The number of benzene rings is 3. The lowest BCUT2D eigenvalue weighted by Crippen LogP contribution is -2.51. The van der Waals surface area contributed by atoms with Gasteiger partial charge >= 0.3 is 5.97 Å². The number of aliphatic carboxylic acids is 1. The first-order chi connectivity index (χ1) is 14.9. The minimum absolute atomic E-state index is 0.206. The minimum atomic E-state index is -1.37. The van der Waals surface area contributed by atoms with Crippen molar-refractivity contribution in [1.29, 1.82) is 0 Å². The number of thiazole rings is 1. The predicted molar refractivity (Wildman–Crippen MR) is 122 cm³/mol. The smallest absolute Gasteiger partial charge is 0.329 e. The van der Waals surface area contributed by atoms with Crippen LogP contribution in [0.5, 0.6) is 5.75 Å². The monoisotopic (exact) mass is 434 g/mol. The topological polar surface area (TPSA) is 88.5 Å². The van der Waals surface area contributed by atoms with E-state index in [4.69, 9.17) is 4.74 Å². The molecule has 4 aromatic rings. The van der Waals surface area contributed by atoms with E-state index < -0.39 is 17.4 Å². The lowest BCUT2D eigenvalue weighted by Gasteiger charge is -2.25. The summed E-state index contributed by atoms with van der Waals surface area (Å²) in [5, 5.41) is 14.7. The molecule has 0 radical (unpaired) electrons. The van der Waals surface area contributed by atoms with Gasteiger partial charge in [-0.1, -0.05) is 49.4 Å². The fourth-order valence-corrected chi connectivity index (χ4v) is 4.18. The number of hydrogen-bond donors (Lipinski definition) is 2. The Kier molecular flexibility index (Phi) is 5.61. The number of nitrogens with one attached hydrogen (secondary N) is 1. The highest BCUT2D eigenvalue weighted by Gasteiger charge is 2.34. The number of carbonyl (C=O) groups excluding carboxylic acids is 1. The van der Waals surface area contributed by atoms with Gasteiger partial charge in [0.15, 0.2) is 0 Å². The fourth-order valence-electron chi connectivity index (χ4n) is 3.30. The van der Waals surface area contributed by atoms with Gasteiger partial charge in [-0.3, -0.25) is 4.79 Å². The third-order valence-corrected chi connectivity index (χ3v) is 6.38. The summed E-state index contributed by atoms with van der Waals surface area (Å²) in [7, 11) is 0. The van der Waals surface area contributed by atoms with Gasteiger partial charge in [-0.15, -0.1) is 11.3 Å². The van der Waals surface area contributed by atoms with Crippen LogP contribution in [0.4, 0.5) is 0 Å². The third kappa shape index (κ3) is 4.09. The molecule has 0 aliphatic carbocycles. The average Bonchev–Trinajstić information content (AvgIpc) is 3.20. The number of para-hydroxylation sites is 1. The molecule has 0 bridgehead atoms. The van der Waals surface area contributed by atoms with E-state index in [1.54, 1.807) is 13.0 Å². The van der Waals surface area contributed by atoms with Crippen LogP contribution in [0.15, 0.2) is 60.7 Å². The zero-order valence-electron chi connectivity index (χ0n) is 17.2. The van der Waals surface area contributed by atoms with Crippen LogP contribution in [-0.4, -0.2) is 27.5 Å². The summed E-state index contributed by atoms with van der Waals surface area (Å²) in [4.78, 5) is 29.3. The maximum absolute atomic E-state index is 13.1. The normalized spacial score (nSPS) is 13.1. The number of nitrogens with zero attached hydrogens (tertiary/aromatic N) is 1. The maximum atomic E-state index is 13.1. The Bertz CT molecular complexity index is 1250. The summed E-state index contributed by atoms with van der Waals surface area (Å²) in [5.74, 6) is -1.16. The number of fused-ring (bicyclic) bond motifs is 2. The van der Waals surface area contributed by atoms with Gasteiger partial charge in [0.05, 0.1) is 15.8 Å². The van der Waals surface area contributed by atoms with Gasteiger partial charge in [-0.2, -0.15) is 0 Å². The van der Waals surface area contributed by atoms with Crippen LogP contribution < -0.4 is 10.1 Å². The summed E-state index contributed by atoms with van der Waals surface area (Å²) < 4.78 is 7.20. The zero-order valence-corrected chi connectivity index (χ0v) is 18.0. The van der Waals surface area contributed by atoms with Crippen molar-refractivity contribution in [1.82, 2.24) is 10.3 Å². The Morgan fingerprint density at radius 3 is 2.58 bits per heavy atom. The minimum Gasteiger partial charge on any atom is -0.485 e. The zero-order chi connectivity index (χ0) is 22.0. The lowest BCUT2D eigenvalue weighted by molar-refractivity contribution is -0.143. The van der Waals surface area contributed by atoms with Crippen molar-refractivity contribution in [2.24, 2.45) is 0 Å². The summed E-state index contributed by atoms with van der Waals surface area (Å²) in [6.07, 6.45) is 0.254. The van der Waals surface area contributed by atoms with E-state index in [1.165, 1.54) is 18.3 Å². The Balaban J connectivity index is 1.70. The van der Waals surface area contributed by atoms with Gasteiger partial charge < -0.3 is 15.2 Å². The Labute approximate surface area is 183 Å². The highest BCUT2D eigenvalue weighted by atomic mass is 32.1. The van der Waals surface area contributed by atoms with Crippen molar-refractivity contribution in [3.05, 3.63) is 71.2 Å². The summed E-state index contributed by atoms with van der Waals surface area (Å²) in [5.41, 5.74) is -0.171. The number of ether oxygens (including phenoxy) is 1. The van der Waals surface area contributed by atoms with Crippen molar-refractivity contribution in [2.45, 2.75) is 32.4 Å². The van der Waals surface area contributed by atoms with E-state index in [0.29, 0.717) is 11.3 Å². The molecule has 0 aliphatic rings. The van der Waals surface area contributed by atoms with E-state index in [2.05, 4.69) is 10.3 Å². The molecule has 1 amide bonds. The number of carbonyl (C=O) groups is 2. The summed E-state index contributed by atoms with van der Waals surface area (Å²) >= 11 is 1.54. The molecule has 31 heavy (non-hydrogen) atoms. The molecule has 158 valence electrons. The number of amides is 1. The maximum Gasteiger partial charge on any atom is 0.329 e. The molecule has 0 spiro atoms. The molecule has 0 fully saturated rings. The van der Waals surface area contributed by atoms with Crippen molar-refractivity contribution < 1.29 is 19.4 Å². The first-order valence-electron chi connectivity index (χ1n) is 9.96. The molecule has 1 atom stereocenters. The summed E-state index contributed by atoms with van der Waals surface area (Å²) in [6, 6.07) is 19.0. The summed E-state index contributed by atoms with van der Waals surface area (Å²) in [6.45, 7) is 3.42. The van der Waals surface area contributed by atoms with Crippen LogP contribution >= 0.6 is 11.3 Å². The molecule has 6 nitrogen and oxygen atoms in total. The SMILES string of the molecule is CCC(C)(NC(=O)c1ccc2ccccc2c1OCc1nc2ccccc2s1)C(=O)O. The van der Waals surface area contributed by atoms with Crippen LogP contribution in [0.2, 0.25) is 0 Å². The van der Waals surface area contributed by atoms with Crippen molar-refractivity contribution in [3.63, 3.8) is 0 Å². The van der Waals surface area contributed by atoms with E-state index in [1.807, 2.05) is 54.6 Å². The molecular formula is C24H22N2O4S. The molecule has 1 heterocycles. The van der Waals surface area contributed by atoms with Crippen LogP contribution in [0.3, 0.4) is 0 Å². The molecule has 0 saturated heterocycles. The molecule has 0 saturated carbocycles. The Morgan fingerprint density at radius 2 is 1.84 bits per heavy atom. The molecule has 0 aliphatic heterocycles. The standard InChI is InChI=1S/C24H22N2O4S/c1-3-24(2,23(28)29)26-22(27)17-13-12-15-8-4-5-9-16(15)21(17)30-14-20-25-18-10-6-7-11-19(18)31-20/h4-13H,3,14H2,1-2H3,(H,26,27)(H,28,29). The van der Waals surface area contributed by atoms with Gasteiger partial charge in [-0.25, -0.2) is 9.78 Å². The predicted octanol–water partition coefficient (Wildman–Crippen LogP) is 5.01. The number of aromatic nitrogens is 1. The second-order valence-electron chi connectivity index (χ2n) is 7.47. The van der Waals surface area contributed by atoms with E-state index in [0.717, 1.165) is 26.0 Å². The van der Waals surface area contributed by atoms with Gasteiger partial charge in [0.1, 0.15) is 22.9 Å². The second-order valence-corrected chi connectivity index (χ2v) is 8.59. The number of hydrogen-bond acceptors (Lipinski definition) is 5. The Hall–Kier alpha value is -3.45. The molecular weight excluding hydrogens is 412 g/mol. The van der Waals surface area contributed by atoms with Gasteiger partial charge in [-0.05, 0) is 36.9 Å². The largest absolute Gasteiger partial charge is 0.485 e.